The quantitative estimate of drug-likeness (QED) is 0.419. The normalized spacial score (nSPS) is 11.2. The second-order valence-corrected chi connectivity index (χ2v) is 11.0. The molecular weight excluding hydrogens is 452 g/mol. The number of anilines is 1. The van der Waals surface area contributed by atoms with Crippen LogP contribution in [0.15, 0.2) is 77.7 Å². The molecule has 0 radical (unpaired) electrons. The van der Waals surface area contributed by atoms with E-state index in [1.807, 2.05) is 26.0 Å². The molecule has 0 aliphatic rings. The van der Waals surface area contributed by atoms with Crippen molar-refractivity contribution < 1.29 is 13.2 Å². The van der Waals surface area contributed by atoms with E-state index < -0.39 is 10.0 Å². The first-order valence-electron chi connectivity index (χ1n) is 10.8. The molecule has 0 aliphatic heterocycles. The number of hydrogen-bond donors (Lipinski definition) is 1. The summed E-state index contributed by atoms with van der Waals surface area (Å²) in [5, 5.41) is 2.86. The molecule has 1 N–H and O–H groups in total. The second-order valence-electron chi connectivity index (χ2n) is 8.05. The van der Waals surface area contributed by atoms with Gasteiger partial charge >= 0.3 is 0 Å². The van der Waals surface area contributed by atoms with Crippen molar-refractivity contribution in [3.05, 3.63) is 95.1 Å². The summed E-state index contributed by atoms with van der Waals surface area (Å²) < 4.78 is 27.9. The van der Waals surface area contributed by atoms with Crippen molar-refractivity contribution in [2.24, 2.45) is 0 Å². The maximum atomic E-state index is 13.4. The van der Waals surface area contributed by atoms with Crippen LogP contribution in [0.25, 0.3) is 0 Å². The van der Waals surface area contributed by atoms with E-state index in [0.29, 0.717) is 12.2 Å². The van der Waals surface area contributed by atoms with E-state index in [0.717, 1.165) is 22.6 Å². The molecule has 0 spiro atoms. The number of benzene rings is 3. The van der Waals surface area contributed by atoms with E-state index in [1.54, 1.807) is 48.2 Å². The summed E-state index contributed by atoms with van der Waals surface area (Å²) in [6.45, 7) is 6.09. The Morgan fingerprint density at radius 3 is 1.91 bits per heavy atom. The molecule has 0 atom stereocenters. The number of nitrogens with one attached hydrogen (secondary N) is 1. The topological polar surface area (TPSA) is 66.5 Å². The van der Waals surface area contributed by atoms with Gasteiger partial charge in [0.05, 0.1) is 10.6 Å². The van der Waals surface area contributed by atoms with Crippen LogP contribution in [0, 0.1) is 20.8 Å². The highest BCUT2D eigenvalue weighted by molar-refractivity contribution is 7.98. The standard InChI is InChI=1S/C26H30N2O3S2/c1-20-4-10-23(11-5-20)19-32-17-16-27-26(29)18-28(24-12-6-21(2)7-13-24)33(30,31)25-14-8-22(3)9-15-25/h4-15H,16-19H2,1-3H3,(H,27,29). The van der Waals surface area contributed by atoms with Crippen LogP contribution in [0.2, 0.25) is 0 Å². The van der Waals surface area contributed by atoms with Gasteiger partial charge in [-0.1, -0.05) is 65.2 Å². The molecule has 0 heterocycles. The van der Waals surface area contributed by atoms with Crippen LogP contribution in [0.1, 0.15) is 22.3 Å². The van der Waals surface area contributed by atoms with Crippen molar-refractivity contribution in [1.82, 2.24) is 5.32 Å². The number of amides is 1. The number of aryl methyl sites for hydroxylation is 3. The number of carbonyl (C=O) groups is 1. The van der Waals surface area contributed by atoms with Crippen molar-refractivity contribution in [1.29, 1.82) is 0 Å². The number of sulfonamides is 1. The molecule has 0 fully saturated rings. The highest BCUT2D eigenvalue weighted by Crippen LogP contribution is 2.24. The summed E-state index contributed by atoms with van der Waals surface area (Å²) in [4.78, 5) is 12.8. The predicted molar refractivity (Wildman–Crippen MR) is 137 cm³/mol. The summed E-state index contributed by atoms with van der Waals surface area (Å²) in [5.41, 5.74) is 4.92. The molecule has 3 rings (SSSR count). The van der Waals surface area contributed by atoms with Crippen molar-refractivity contribution in [3.8, 4) is 0 Å². The van der Waals surface area contributed by atoms with E-state index in [-0.39, 0.29) is 17.3 Å². The zero-order valence-corrected chi connectivity index (χ0v) is 20.9. The molecule has 0 saturated carbocycles. The third kappa shape index (κ3) is 7.11. The highest BCUT2D eigenvalue weighted by Gasteiger charge is 2.27. The van der Waals surface area contributed by atoms with Crippen LogP contribution < -0.4 is 9.62 Å². The predicted octanol–water partition coefficient (Wildman–Crippen LogP) is 4.86. The summed E-state index contributed by atoms with van der Waals surface area (Å²) in [5.74, 6) is 1.28. The van der Waals surface area contributed by atoms with E-state index in [2.05, 4.69) is 36.5 Å². The van der Waals surface area contributed by atoms with Gasteiger partial charge in [-0.05, 0) is 50.6 Å². The minimum Gasteiger partial charge on any atom is -0.354 e. The van der Waals surface area contributed by atoms with E-state index in [4.69, 9.17) is 0 Å². The summed E-state index contributed by atoms with van der Waals surface area (Å²) in [6, 6.07) is 22.2. The number of carbonyl (C=O) groups excluding carboxylic acids is 1. The zero-order valence-electron chi connectivity index (χ0n) is 19.2. The maximum Gasteiger partial charge on any atom is 0.264 e. The lowest BCUT2D eigenvalue weighted by Gasteiger charge is -2.24. The number of thioether (sulfide) groups is 1. The molecule has 3 aromatic rings. The van der Waals surface area contributed by atoms with Gasteiger partial charge in [0.1, 0.15) is 6.54 Å². The Hall–Kier alpha value is -2.77. The van der Waals surface area contributed by atoms with Crippen molar-refractivity contribution in [3.63, 3.8) is 0 Å². The minimum absolute atomic E-state index is 0.162. The van der Waals surface area contributed by atoms with Crippen molar-refractivity contribution in [2.45, 2.75) is 31.4 Å². The lowest BCUT2D eigenvalue weighted by atomic mass is 10.2. The number of rotatable bonds is 10. The van der Waals surface area contributed by atoms with Gasteiger partial charge < -0.3 is 5.32 Å². The highest BCUT2D eigenvalue weighted by atomic mass is 32.2. The van der Waals surface area contributed by atoms with Gasteiger partial charge in [0.25, 0.3) is 10.0 Å². The Morgan fingerprint density at radius 2 is 1.33 bits per heavy atom. The van der Waals surface area contributed by atoms with Gasteiger partial charge in [-0.3, -0.25) is 9.10 Å². The van der Waals surface area contributed by atoms with Gasteiger partial charge in [-0.2, -0.15) is 11.8 Å². The van der Waals surface area contributed by atoms with E-state index >= 15 is 0 Å². The Kier molecular flexibility index (Phi) is 8.58. The monoisotopic (exact) mass is 482 g/mol. The Morgan fingerprint density at radius 1 is 0.818 bits per heavy atom. The van der Waals surface area contributed by atoms with Crippen LogP contribution in [0.5, 0.6) is 0 Å². The van der Waals surface area contributed by atoms with Crippen LogP contribution in [-0.2, 0) is 20.6 Å². The van der Waals surface area contributed by atoms with Gasteiger partial charge in [0, 0.05) is 18.1 Å². The van der Waals surface area contributed by atoms with Crippen LogP contribution >= 0.6 is 11.8 Å². The molecule has 1 amide bonds. The summed E-state index contributed by atoms with van der Waals surface area (Å²) in [7, 11) is -3.89. The van der Waals surface area contributed by atoms with E-state index in [1.165, 1.54) is 15.4 Å². The fourth-order valence-electron chi connectivity index (χ4n) is 3.19. The summed E-state index contributed by atoms with van der Waals surface area (Å²) in [6.07, 6.45) is 0. The van der Waals surface area contributed by atoms with Crippen LogP contribution in [0.3, 0.4) is 0 Å². The zero-order chi connectivity index (χ0) is 23.8. The average molecular weight is 483 g/mol. The average Bonchev–Trinajstić information content (AvgIpc) is 2.79. The SMILES string of the molecule is Cc1ccc(CSCCNC(=O)CN(c2ccc(C)cc2)S(=O)(=O)c2ccc(C)cc2)cc1. The van der Waals surface area contributed by atoms with Crippen LogP contribution in [0.4, 0.5) is 5.69 Å². The lowest BCUT2D eigenvalue weighted by molar-refractivity contribution is -0.119. The molecule has 0 bridgehead atoms. The molecular formula is C26H30N2O3S2. The fourth-order valence-corrected chi connectivity index (χ4v) is 5.43. The van der Waals surface area contributed by atoms with Gasteiger partial charge in [0.2, 0.25) is 5.91 Å². The molecule has 33 heavy (non-hydrogen) atoms. The molecule has 0 unspecified atom stereocenters. The lowest BCUT2D eigenvalue weighted by Crippen LogP contribution is -2.41. The van der Waals surface area contributed by atoms with Crippen LogP contribution in [-0.4, -0.2) is 33.2 Å². The molecule has 0 aliphatic carbocycles. The maximum absolute atomic E-state index is 13.4. The first-order chi connectivity index (χ1) is 15.8. The summed E-state index contributed by atoms with van der Waals surface area (Å²) >= 11 is 1.73. The van der Waals surface area contributed by atoms with Crippen molar-refractivity contribution >= 4 is 33.4 Å². The Bertz CT molecular complexity index is 1160. The Labute approximate surface area is 201 Å². The largest absolute Gasteiger partial charge is 0.354 e. The van der Waals surface area contributed by atoms with Gasteiger partial charge in [-0.25, -0.2) is 8.42 Å². The number of nitrogens with zero attached hydrogens (tertiary/aromatic N) is 1. The van der Waals surface area contributed by atoms with Gasteiger partial charge in [-0.15, -0.1) is 0 Å². The van der Waals surface area contributed by atoms with E-state index in [9.17, 15) is 13.2 Å². The number of hydrogen-bond acceptors (Lipinski definition) is 4. The smallest absolute Gasteiger partial charge is 0.264 e. The molecule has 0 aromatic heterocycles. The Balaban J connectivity index is 1.63. The molecule has 3 aromatic carbocycles. The molecule has 0 saturated heterocycles. The molecule has 174 valence electrons. The first kappa shape index (κ1) is 24.9. The third-order valence-corrected chi connectivity index (χ3v) is 7.99. The van der Waals surface area contributed by atoms with Gasteiger partial charge in [0.15, 0.2) is 0 Å². The molecule has 5 nitrogen and oxygen atoms in total. The molecule has 7 heteroatoms. The first-order valence-corrected chi connectivity index (χ1v) is 13.4. The third-order valence-electron chi connectivity index (χ3n) is 5.18. The minimum atomic E-state index is -3.89. The fraction of sp³-hybridized carbons (Fsp3) is 0.269. The second kappa shape index (κ2) is 11.4. The van der Waals surface area contributed by atoms with Crippen molar-refractivity contribution in [2.75, 3.05) is 23.1 Å².